The predicted molar refractivity (Wildman–Crippen MR) is 143 cm³/mol. The summed E-state index contributed by atoms with van der Waals surface area (Å²) in [5.41, 5.74) is 6.44. The summed E-state index contributed by atoms with van der Waals surface area (Å²) in [6, 6.07) is 11.3. The number of ether oxygens (including phenoxy) is 1. The number of hydrogen-bond acceptors (Lipinski definition) is 7. The fourth-order valence-electron chi connectivity index (χ4n) is 4.26. The SMILES string of the molecule is CN1C(=O)CN(C(CC(=O)OC(=O)C(F)(F)F)c2ccccc2)C(=O)c2cc(CCC(=O)NCCNC(=N)N)ccc21. The van der Waals surface area contributed by atoms with Gasteiger partial charge in [0.15, 0.2) is 5.96 Å². The molecule has 15 heteroatoms. The molecular weight excluding hydrogens is 561 g/mol. The topological polar surface area (TPSA) is 175 Å². The lowest BCUT2D eigenvalue weighted by molar-refractivity contribution is -0.202. The maximum Gasteiger partial charge on any atom is 0.491 e. The first-order valence-electron chi connectivity index (χ1n) is 12.7. The molecule has 3 rings (SSSR count). The number of nitrogens with zero attached hydrogens (tertiary/aromatic N) is 2. The highest BCUT2D eigenvalue weighted by atomic mass is 19.4. The standard InChI is InChI=1S/C27H29F3N6O6/c1-35-19-9-7-16(8-10-21(37)33-11-12-34-26(31)32)13-18(19)24(40)36(15-22(35)38)20(17-5-3-2-4-6-17)14-23(39)42-25(41)27(28,29)30/h2-7,9,13,20H,8,10-12,14-15H2,1H3,(H,33,37)(H4,31,32,34). The number of likely N-dealkylation sites (N-methyl/N-ethyl adjacent to an activating group) is 1. The number of nitrogens with two attached hydrogens (primary N) is 1. The zero-order valence-electron chi connectivity index (χ0n) is 22.5. The zero-order valence-corrected chi connectivity index (χ0v) is 22.5. The van der Waals surface area contributed by atoms with Crippen LogP contribution in [0.15, 0.2) is 48.5 Å². The van der Waals surface area contributed by atoms with Gasteiger partial charge in [0.05, 0.1) is 23.7 Å². The van der Waals surface area contributed by atoms with Gasteiger partial charge in [0, 0.05) is 26.6 Å². The minimum Gasteiger partial charge on any atom is -0.386 e. The van der Waals surface area contributed by atoms with Crippen molar-refractivity contribution in [3.63, 3.8) is 0 Å². The molecule has 2 aromatic rings. The minimum atomic E-state index is -5.40. The highest BCUT2D eigenvalue weighted by Crippen LogP contribution is 2.33. The van der Waals surface area contributed by atoms with Gasteiger partial charge in [-0.3, -0.25) is 24.6 Å². The number of aryl methyl sites for hydroxylation is 1. The number of fused-ring (bicyclic) bond motifs is 1. The summed E-state index contributed by atoms with van der Waals surface area (Å²) in [4.78, 5) is 65.1. The lowest BCUT2D eigenvalue weighted by Gasteiger charge is -2.30. The summed E-state index contributed by atoms with van der Waals surface area (Å²) >= 11 is 0. The maximum absolute atomic E-state index is 13.9. The molecule has 0 spiro atoms. The van der Waals surface area contributed by atoms with E-state index in [2.05, 4.69) is 15.4 Å². The summed E-state index contributed by atoms with van der Waals surface area (Å²) in [6.45, 7) is -0.0119. The summed E-state index contributed by atoms with van der Waals surface area (Å²) in [5.74, 6) is -5.94. The molecule has 1 atom stereocenters. The number of guanidine groups is 1. The van der Waals surface area contributed by atoms with E-state index >= 15 is 0 Å². The van der Waals surface area contributed by atoms with Crippen LogP contribution in [0, 0.1) is 5.41 Å². The second-order valence-electron chi connectivity index (χ2n) is 9.32. The Morgan fingerprint density at radius 1 is 1.07 bits per heavy atom. The third kappa shape index (κ3) is 8.28. The van der Waals surface area contributed by atoms with E-state index in [1.54, 1.807) is 30.3 Å². The van der Waals surface area contributed by atoms with Crippen LogP contribution in [0.1, 0.15) is 40.4 Å². The summed E-state index contributed by atoms with van der Waals surface area (Å²) in [5, 5.41) is 12.3. The molecule has 2 aromatic carbocycles. The smallest absolute Gasteiger partial charge is 0.386 e. The minimum absolute atomic E-state index is 0.0667. The van der Waals surface area contributed by atoms with Crippen molar-refractivity contribution < 1.29 is 41.9 Å². The van der Waals surface area contributed by atoms with Crippen LogP contribution in [-0.2, 0) is 30.3 Å². The average Bonchev–Trinajstić information content (AvgIpc) is 3.03. The van der Waals surface area contributed by atoms with Gasteiger partial charge in [-0.05, 0) is 29.7 Å². The van der Waals surface area contributed by atoms with Crippen LogP contribution in [-0.4, -0.2) is 73.4 Å². The number of halogens is 3. The van der Waals surface area contributed by atoms with E-state index in [-0.39, 0.29) is 49.0 Å². The number of anilines is 1. The number of esters is 2. The monoisotopic (exact) mass is 590 g/mol. The van der Waals surface area contributed by atoms with E-state index in [0.29, 0.717) is 11.1 Å². The van der Waals surface area contributed by atoms with Crippen molar-refractivity contribution in [3.8, 4) is 0 Å². The Labute approximate surface area is 238 Å². The van der Waals surface area contributed by atoms with E-state index in [1.807, 2.05) is 0 Å². The Bertz CT molecular complexity index is 1370. The van der Waals surface area contributed by atoms with Crippen molar-refractivity contribution in [2.45, 2.75) is 31.5 Å². The molecule has 0 bridgehead atoms. The molecular formula is C27H29F3N6O6. The fourth-order valence-corrected chi connectivity index (χ4v) is 4.26. The van der Waals surface area contributed by atoms with Crippen LogP contribution in [0.3, 0.4) is 0 Å². The van der Waals surface area contributed by atoms with E-state index in [9.17, 15) is 37.1 Å². The Kier molecular flexibility index (Phi) is 10.2. The highest BCUT2D eigenvalue weighted by Gasteiger charge is 2.43. The number of carbonyl (C=O) groups is 5. The molecule has 5 N–H and O–H groups in total. The van der Waals surface area contributed by atoms with Crippen molar-refractivity contribution in [1.29, 1.82) is 5.41 Å². The lowest BCUT2D eigenvalue weighted by atomic mass is 9.99. The first-order valence-corrected chi connectivity index (χ1v) is 12.7. The van der Waals surface area contributed by atoms with Gasteiger partial charge in [-0.25, -0.2) is 4.79 Å². The van der Waals surface area contributed by atoms with Crippen LogP contribution >= 0.6 is 0 Å². The van der Waals surface area contributed by atoms with Crippen LogP contribution in [0.4, 0.5) is 18.9 Å². The van der Waals surface area contributed by atoms with E-state index in [1.165, 1.54) is 30.1 Å². The number of hydrogen-bond donors (Lipinski definition) is 4. The molecule has 0 saturated heterocycles. The molecule has 0 aliphatic carbocycles. The number of carbonyl (C=O) groups excluding carboxylic acids is 5. The van der Waals surface area contributed by atoms with E-state index in [4.69, 9.17) is 11.1 Å². The van der Waals surface area contributed by atoms with Crippen LogP contribution in [0.2, 0.25) is 0 Å². The Morgan fingerprint density at radius 2 is 1.74 bits per heavy atom. The van der Waals surface area contributed by atoms with Crippen molar-refractivity contribution in [3.05, 3.63) is 65.2 Å². The number of nitrogens with one attached hydrogen (secondary N) is 3. The van der Waals surface area contributed by atoms with Gasteiger partial charge < -0.3 is 30.9 Å². The largest absolute Gasteiger partial charge is 0.491 e. The van der Waals surface area contributed by atoms with Crippen molar-refractivity contribution in [2.24, 2.45) is 5.73 Å². The molecule has 0 saturated carbocycles. The number of rotatable bonds is 10. The van der Waals surface area contributed by atoms with Gasteiger partial charge in [-0.1, -0.05) is 36.4 Å². The Morgan fingerprint density at radius 3 is 2.38 bits per heavy atom. The van der Waals surface area contributed by atoms with Gasteiger partial charge >= 0.3 is 18.1 Å². The molecule has 0 aromatic heterocycles. The van der Waals surface area contributed by atoms with Gasteiger partial charge in [0.1, 0.15) is 6.54 Å². The number of alkyl halides is 3. The second-order valence-corrected chi connectivity index (χ2v) is 9.32. The molecule has 1 aliphatic rings. The molecule has 1 heterocycles. The molecule has 1 aliphatic heterocycles. The van der Waals surface area contributed by atoms with Crippen molar-refractivity contribution in [1.82, 2.24) is 15.5 Å². The molecule has 0 fully saturated rings. The predicted octanol–water partition coefficient (Wildman–Crippen LogP) is 1.40. The zero-order chi connectivity index (χ0) is 31.0. The third-order valence-corrected chi connectivity index (χ3v) is 6.36. The number of amides is 3. The number of benzene rings is 2. The van der Waals surface area contributed by atoms with Crippen LogP contribution in [0.25, 0.3) is 0 Å². The van der Waals surface area contributed by atoms with E-state index < -0.39 is 48.9 Å². The van der Waals surface area contributed by atoms with Gasteiger partial charge in [-0.2, -0.15) is 13.2 Å². The summed E-state index contributed by atoms with van der Waals surface area (Å²) in [6.07, 6.45) is -5.93. The molecule has 42 heavy (non-hydrogen) atoms. The first kappa shape index (κ1) is 31.6. The quantitative estimate of drug-likeness (QED) is 0.106. The molecule has 224 valence electrons. The second kappa shape index (κ2) is 13.6. The van der Waals surface area contributed by atoms with Crippen LogP contribution in [0.5, 0.6) is 0 Å². The summed E-state index contributed by atoms with van der Waals surface area (Å²) < 4.78 is 42.0. The molecule has 12 nitrogen and oxygen atoms in total. The fraction of sp³-hybridized carbons (Fsp3) is 0.333. The Balaban J connectivity index is 1.86. The van der Waals surface area contributed by atoms with Crippen molar-refractivity contribution in [2.75, 3.05) is 31.6 Å². The Hall–Kier alpha value is -4.95. The normalized spacial score (nSPS) is 14.0. The van der Waals surface area contributed by atoms with Gasteiger partial charge in [0.25, 0.3) is 5.91 Å². The molecule has 0 radical (unpaired) electrons. The van der Waals surface area contributed by atoms with Crippen molar-refractivity contribution >= 4 is 41.3 Å². The lowest BCUT2D eigenvalue weighted by Crippen LogP contribution is -2.41. The average molecular weight is 591 g/mol. The maximum atomic E-state index is 13.9. The van der Waals surface area contributed by atoms with Gasteiger partial charge in [0.2, 0.25) is 11.8 Å². The third-order valence-electron chi connectivity index (χ3n) is 6.36. The molecule has 1 unspecified atom stereocenters. The summed E-state index contributed by atoms with van der Waals surface area (Å²) in [7, 11) is 1.45. The van der Waals surface area contributed by atoms with Crippen LogP contribution < -0.4 is 21.3 Å². The van der Waals surface area contributed by atoms with Gasteiger partial charge in [-0.15, -0.1) is 0 Å². The van der Waals surface area contributed by atoms with E-state index in [0.717, 1.165) is 4.90 Å². The first-order chi connectivity index (χ1) is 19.8. The highest BCUT2D eigenvalue weighted by molar-refractivity contribution is 6.09. The molecule has 3 amide bonds.